The molecule has 0 amide bonds. The van der Waals surface area contributed by atoms with Crippen molar-refractivity contribution in [1.29, 1.82) is 0 Å². The number of hydrogen-bond donors (Lipinski definition) is 3. The van der Waals surface area contributed by atoms with E-state index >= 15 is 0 Å². The van der Waals surface area contributed by atoms with Gasteiger partial charge in [-0.2, -0.15) is 0 Å². The van der Waals surface area contributed by atoms with Gasteiger partial charge in [0.2, 0.25) is 0 Å². The average molecular weight is 950 g/mol. The summed E-state index contributed by atoms with van der Waals surface area (Å²) in [4.78, 5) is 39.7. The molecule has 332 valence electrons. The Morgan fingerprint density at radius 1 is 0.661 bits per heavy atom. The van der Waals surface area contributed by atoms with Gasteiger partial charge in [0.25, 0.3) is 0 Å². The molecule has 0 aromatic carbocycles. The van der Waals surface area contributed by atoms with E-state index in [1.165, 1.54) is 18.1 Å². The molecule has 3 N–H and O–H groups in total. The number of halogens is 1. The molecule has 0 spiro atoms. The van der Waals surface area contributed by atoms with Crippen LogP contribution in [0.5, 0.6) is 0 Å². The average Bonchev–Trinajstić information content (AvgIpc) is 3.94. The number of nitrogens with one attached hydrogen (secondary N) is 3. The molecule has 4 aliphatic rings. The number of hydrogen-bond acceptors (Lipinski definition) is 14. The first-order chi connectivity index (χ1) is 29.2. The molecule has 2 fully saturated rings. The van der Waals surface area contributed by atoms with Crippen molar-refractivity contribution in [2.24, 2.45) is 0 Å². The van der Waals surface area contributed by atoms with E-state index in [4.69, 9.17) is 0 Å². The molecule has 19 heteroatoms. The van der Waals surface area contributed by atoms with Gasteiger partial charge in [0.1, 0.15) is 55.3 Å². The van der Waals surface area contributed by atoms with Crippen molar-refractivity contribution < 1.29 is 16.8 Å². The molecule has 0 unspecified atom stereocenters. The van der Waals surface area contributed by atoms with Gasteiger partial charge in [-0.1, -0.05) is 7.43 Å². The Kier molecular flexibility index (Phi) is 13.8. The second-order valence-corrected chi connectivity index (χ2v) is 22.1. The molecule has 2 atom stereocenters. The standard InChI is InChI=1S/C21H26N6O2S.C14H22N4O2S.C7H5BrN2.CH4/c1-14-11-18-17(12-27(14)19-4-8-23-20-16(19)3-7-22-20)21(25-13-24-18)26-9-5-15(6-10-26)30(2,28)29;1-10-7-13-12(8-15-10)14(17-9-16-13)18-5-3-11(4-6-18)21(2,19)20;8-6-2-4-10-7-5(6)1-3-9-7;/h3-4,7-8,13-15H,5-6,9-12H2,1-2H3,(H,22,23);9-11,15H,3-8H2,1-2H3;1-4H,(H,9,10);1H4/t14-;10-;;/m11../s1. The normalized spacial score (nSPS) is 19.7. The molecule has 6 aromatic rings. The predicted molar refractivity (Wildman–Crippen MR) is 250 cm³/mol. The summed E-state index contributed by atoms with van der Waals surface area (Å²) in [6.07, 6.45) is 17.8. The molecular formula is C43H57BrN12O4S2. The summed E-state index contributed by atoms with van der Waals surface area (Å²) in [5, 5.41) is 5.23. The van der Waals surface area contributed by atoms with E-state index in [-0.39, 0.29) is 17.9 Å². The van der Waals surface area contributed by atoms with Gasteiger partial charge in [0.05, 0.1) is 21.9 Å². The third kappa shape index (κ3) is 9.90. The summed E-state index contributed by atoms with van der Waals surface area (Å²) in [7, 11) is -5.92. The Bertz CT molecular complexity index is 2710. The highest BCUT2D eigenvalue weighted by Gasteiger charge is 2.33. The highest BCUT2D eigenvalue weighted by atomic mass is 79.9. The van der Waals surface area contributed by atoms with Gasteiger partial charge in [-0.05, 0) is 79.7 Å². The van der Waals surface area contributed by atoms with Crippen molar-refractivity contribution in [3.8, 4) is 0 Å². The Balaban J connectivity index is 0.000000156. The largest absolute Gasteiger partial charge is 0.363 e. The first-order valence-corrected chi connectivity index (χ1v) is 25.5. The maximum Gasteiger partial charge on any atom is 0.150 e. The van der Waals surface area contributed by atoms with E-state index in [1.54, 1.807) is 18.9 Å². The highest BCUT2D eigenvalue weighted by Crippen LogP contribution is 2.36. The van der Waals surface area contributed by atoms with Gasteiger partial charge in [-0.3, -0.25) is 0 Å². The minimum atomic E-state index is -2.99. The van der Waals surface area contributed by atoms with E-state index in [0.717, 1.165) is 99.8 Å². The van der Waals surface area contributed by atoms with Crippen LogP contribution in [0.3, 0.4) is 0 Å². The van der Waals surface area contributed by atoms with Crippen LogP contribution in [-0.4, -0.2) is 118 Å². The van der Waals surface area contributed by atoms with Crippen LogP contribution in [0.4, 0.5) is 17.3 Å². The van der Waals surface area contributed by atoms with Crippen LogP contribution in [0.15, 0.2) is 66.2 Å². The van der Waals surface area contributed by atoms with Crippen LogP contribution in [0.1, 0.15) is 69.5 Å². The van der Waals surface area contributed by atoms with E-state index < -0.39 is 19.7 Å². The number of anilines is 3. The lowest BCUT2D eigenvalue weighted by Crippen LogP contribution is -2.43. The first-order valence-electron chi connectivity index (χ1n) is 20.8. The highest BCUT2D eigenvalue weighted by molar-refractivity contribution is 9.10. The van der Waals surface area contributed by atoms with E-state index in [2.05, 4.69) is 102 Å². The lowest BCUT2D eigenvalue weighted by molar-refractivity contribution is 0.496. The minimum absolute atomic E-state index is 0. The van der Waals surface area contributed by atoms with Crippen molar-refractivity contribution in [3.63, 3.8) is 0 Å². The van der Waals surface area contributed by atoms with Crippen molar-refractivity contribution in [2.75, 3.05) is 53.4 Å². The minimum Gasteiger partial charge on any atom is -0.363 e. The molecule has 10 rings (SSSR count). The predicted octanol–water partition coefficient (Wildman–Crippen LogP) is 5.80. The molecular weight excluding hydrogens is 893 g/mol. The lowest BCUT2D eigenvalue weighted by Gasteiger charge is -2.39. The number of nitrogens with zero attached hydrogens (tertiary/aromatic N) is 9. The van der Waals surface area contributed by atoms with Crippen LogP contribution in [0.2, 0.25) is 0 Å². The van der Waals surface area contributed by atoms with Gasteiger partial charge in [-0.25, -0.2) is 46.7 Å². The summed E-state index contributed by atoms with van der Waals surface area (Å²) in [6, 6.07) is 8.80. The Morgan fingerprint density at radius 3 is 1.74 bits per heavy atom. The van der Waals surface area contributed by atoms with Crippen LogP contribution in [0, 0.1) is 0 Å². The zero-order valence-electron chi connectivity index (χ0n) is 34.9. The first kappa shape index (κ1) is 45.3. The van der Waals surface area contributed by atoms with Gasteiger partial charge in [0.15, 0.2) is 0 Å². The Hall–Kier alpha value is -4.72. The van der Waals surface area contributed by atoms with Crippen molar-refractivity contribution in [3.05, 3.63) is 88.7 Å². The smallest absolute Gasteiger partial charge is 0.150 e. The summed E-state index contributed by atoms with van der Waals surface area (Å²) in [5.41, 5.74) is 7.50. The van der Waals surface area contributed by atoms with Crippen LogP contribution < -0.4 is 20.0 Å². The summed E-state index contributed by atoms with van der Waals surface area (Å²) in [5.74, 6) is 1.93. The van der Waals surface area contributed by atoms with Crippen molar-refractivity contribution >= 4 is 75.0 Å². The van der Waals surface area contributed by atoms with E-state index in [1.807, 2.05) is 30.7 Å². The fourth-order valence-corrected chi connectivity index (χ4v) is 11.5. The van der Waals surface area contributed by atoms with Gasteiger partial charge < -0.3 is 30.0 Å². The molecule has 0 saturated carbocycles. The third-order valence-electron chi connectivity index (χ3n) is 12.3. The van der Waals surface area contributed by atoms with Gasteiger partial charge >= 0.3 is 0 Å². The summed E-state index contributed by atoms with van der Waals surface area (Å²) in [6.45, 7) is 8.79. The van der Waals surface area contributed by atoms with E-state index in [0.29, 0.717) is 50.9 Å². The maximum absolute atomic E-state index is 11.9. The monoisotopic (exact) mass is 948 g/mol. The molecule has 0 bridgehead atoms. The summed E-state index contributed by atoms with van der Waals surface area (Å²) >= 11 is 3.42. The van der Waals surface area contributed by atoms with Gasteiger partial charge in [0, 0.05) is 134 Å². The SMILES string of the molecule is Brc1ccnc2[nH]ccc12.C.C[C@@H]1Cc2ncnc(N3CCC(S(C)(=O)=O)CC3)c2CN1.C[C@@H]1Cc2ncnc(N3CCC(S(C)(=O)=O)CC3)c2CN1c1ccnc2[nH]ccc12. The zero-order chi connectivity index (χ0) is 42.9. The molecule has 6 aromatic heterocycles. The molecule has 10 heterocycles. The molecule has 0 aliphatic carbocycles. The molecule has 4 aliphatic heterocycles. The van der Waals surface area contributed by atoms with Crippen molar-refractivity contribution in [2.45, 2.75) is 95.5 Å². The molecule has 0 radical (unpaired) electrons. The number of aromatic amines is 2. The van der Waals surface area contributed by atoms with E-state index in [9.17, 15) is 16.8 Å². The number of pyridine rings is 2. The number of rotatable bonds is 5. The number of sulfone groups is 2. The quantitative estimate of drug-likeness (QED) is 0.187. The topological polar surface area (TPSA) is 199 Å². The van der Waals surface area contributed by atoms with Crippen LogP contribution in [-0.2, 0) is 45.6 Å². The fourth-order valence-electron chi connectivity index (χ4n) is 8.91. The van der Waals surface area contributed by atoms with Crippen molar-refractivity contribution in [1.82, 2.24) is 45.2 Å². The fraction of sp³-hybridized carbons (Fsp3) is 0.488. The number of piperidine rings is 2. The third-order valence-corrected chi connectivity index (χ3v) is 16.4. The molecule has 16 nitrogen and oxygen atoms in total. The van der Waals surface area contributed by atoms with Gasteiger partial charge in [-0.15, -0.1) is 0 Å². The summed E-state index contributed by atoms with van der Waals surface area (Å²) < 4.78 is 48.2. The van der Waals surface area contributed by atoms with Crippen LogP contribution >= 0.6 is 15.9 Å². The Labute approximate surface area is 372 Å². The Morgan fingerprint density at radius 2 is 1.18 bits per heavy atom. The second kappa shape index (κ2) is 18.9. The zero-order valence-corrected chi connectivity index (χ0v) is 38.1. The number of H-pyrrole nitrogens is 2. The number of aromatic nitrogens is 8. The second-order valence-electron chi connectivity index (χ2n) is 16.5. The maximum atomic E-state index is 11.9. The molecule has 2 saturated heterocycles. The molecule has 62 heavy (non-hydrogen) atoms. The van der Waals surface area contributed by atoms with Crippen LogP contribution in [0.25, 0.3) is 22.1 Å². The lowest BCUT2D eigenvalue weighted by atomic mass is 9.98. The number of fused-ring (bicyclic) bond motifs is 4.